The molecule has 0 amide bonds. The lowest BCUT2D eigenvalue weighted by molar-refractivity contribution is -0.0327. The number of aromatic nitrogens is 2. The highest BCUT2D eigenvalue weighted by Crippen LogP contribution is 2.33. The van der Waals surface area contributed by atoms with E-state index < -0.39 is 15.3 Å². The van der Waals surface area contributed by atoms with Gasteiger partial charge in [-0.25, -0.2) is 17.9 Å². The van der Waals surface area contributed by atoms with Gasteiger partial charge in [0.15, 0.2) is 9.84 Å². The number of para-hydroxylation sites is 1. The first kappa shape index (κ1) is 23.3. The minimum Gasteiger partial charge on any atom is -0.457 e. The maximum Gasteiger partial charge on any atom is 0.245 e. The fourth-order valence-corrected chi connectivity index (χ4v) is 4.83. The Hall–Kier alpha value is -4.40. The molecular formula is C25H22N6O4S. The second kappa shape index (κ2) is 8.99. The molecule has 1 aliphatic rings. The van der Waals surface area contributed by atoms with Gasteiger partial charge in [-0.15, -0.1) is 5.06 Å². The average Bonchev–Trinajstić information content (AvgIpc) is 3.41. The van der Waals surface area contributed by atoms with Crippen molar-refractivity contribution in [3.8, 4) is 17.6 Å². The normalized spacial score (nSPS) is 15.8. The third-order valence-electron chi connectivity index (χ3n) is 5.66. The first-order valence-corrected chi connectivity index (χ1v) is 12.9. The first-order valence-electron chi connectivity index (χ1n) is 10.9. The highest BCUT2D eigenvalue weighted by molar-refractivity contribution is 7.91. The zero-order valence-corrected chi connectivity index (χ0v) is 20.5. The molecule has 1 atom stereocenters. The van der Waals surface area contributed by atoms with E-state index in [1.54, 1.807) is 10.7 Å². The Morgan fingerprint density at radius 2 is 1.81 bits per heavy atom. The number of ether oxygens (including phenoxy) is 1. The Bertz CT molecular complexity index is 1620. The third-order valence-corrected chi connectivity index (χ3v) is 6.83. The molecule has 0 aliphatic carbocycles. The number of hydrogen-bond acceptors (Lipinski definition) is 9. The van der Waals surface area contributed by atoms with Crippen molar-refractivity contribution in [2.24, 2.45) is 4.99 Å². The van der Waals surface area contributed by atoms with Gasteiger partial charge in [-0.3, -0.25) is 0 Å². The van der Waals surface area contributed by atoms with Crippen molar-refractivity contribution in [1.29, 1.82) is 5.26 Å². The van der Waals surface area contributed by atoms with Crippen molar-refractivity contribution in [3.05, 3.63) is 83.7 Å². The monoisotopic (exact) mass is 502 g/mol. The van der Waals surface area contributed by atoms with Crippen molar-refractivity contribution < 1.29 is 18.0 Å². The summed E-state index contributed by atoms with van der Waals surface area (Å²) < 4.78 is 31.6. The van der Waals surface area contributed by atoms with Crippen LogP contribution in [-0.4, -0.2) is 47.8 Å². The van der Waals surface area contributed by atoms with Gasteiger partial charge in [0, 0.05) is 25.2 Å². The van der Waals surface area contributed by atoms with Crippen LogP contribution < -0.4 is 10.1 Å². The number of nitrogens with zero attached hydrogens (tertiary/aromatic N) is 5. The molecule has 2 aromatic carbocycles. The molecule has 0 bridgehead atoms. The lowest BCUT2D eigenvalue weighted by Crippen LogP contribution is -2.31. The molecular weight excluding hydrogens is 480 g/mol. The van der Waals surface area contributed by atoms with Crippen LogP contribution in [0.5, 0.6) is 11.5 Å². The van der Waals surface area contributed by atoms with E-state index in [0.717, 1.165) is 23.3 Å². The maximum atomic E-state index is 12.0. The fourth-order valence-electron chi connectivity index (χ4n) is 3.96. The van der Waals surface area contributed by atoms with Crippen molar-refractivity contribution in [2.45, 2.75) is 12.4 Å². The molecule has 2 aromatic heterocycles. The van der Waals surface area contributed by atoms with Gasteiger partial charge in [-0.2, -0.15) is 10.4 Å². The van der Waals surface area contributed by atoms with Gasteiger partial charge in [-0.05, 0) is 48.9 Å². The smallest absolute Gasteiger partial charge is 0.245 e. The number of benzene rings is 2. The van der Waals surface area contributed by atoms with E-state index in [-0.39, 0.29) is 5.90 Å². The standard InChI is InChI=1S/C25H22N6O4S/c1-16-21(24-29-25(30(2)35-24)36(3,32)33)15-31-23(16)22(17(13-26)14-27-31)28-18-9-11-20(12-10-18)34-19-7-5-4-6-8-19/h4-12,14-15,25,28H,1-3H3. The second-order valence-electron chi connectivity index (χ2n) is 8.30. The van der Waals surface area contributed by atoms with Gasteiger partial charge in [0.05, 0.1) is 28.5 Å². The van der Waals surface area contributed by atoms with E-state index in [4.69, 9.17) is 9.57 Å². The summed E-state index contributed by atoms with van der Waals surface area (Å²) in [5, 5.41) is 18.6. The highest BCUT2D eigenvalue weighted by atomic mass is 32.2. The lowest BCUT2D eigenvalue weighted by Gasteiger charge is -2.13. The van der Waals surface area contributed by atoms with Crippen LogP contribution in [0.1, 0.15) is 16.7 Å². The van der Waals surface area contributed by atoms with Gasteiger partial charge >= 0.3 is 0 Å². The van der Waals surface area contributed by atoms with Crippen LogP contribution in [0.15, 0.2) is 72.0 Å². The quantitative estimate of drug-likeness (QED) is 0.420. The Labute approximate surface area is 207 Å². The molecule has 0 saturated carbocycles. The number of aliphatic imine (C=N–C) groups is 1. The number of fused-ring (bicyclic) bond motifs is 1. The molecule has 0 saturated heterocycles. The van der Waals surface area contributed by atoms with Crippen molar-refractivity contribution in [3.63, 3.8) is 0 Å². The van der Waals surface area contributed by atoms with Crippen LogP contribution in [-0.2, 0) is 14.7 Å². The summed E-state index contributed by atoms with van der Waals surface area (Å²) in [6.45, 7) is 1.84. The number of nitriles is 1. The molecule has 4 aromatic rings. The zero-order chi connectivity index (χ0) is 25.4. The SMILES string of the molecule is Cc1c(C2=NC(S(C)(=O)=O)N(C)O2)cn2ncc(C#N)c(Nc3ccc(Oc4ccccc4)cc3)c12. The molecule has 11 heteroatoms. The molecule has 5 rings (SSSR count). The van der Waals surface area contributed by atoms with E-state index in [0.29, 0.717) is 28.1 Å². The van der Waals surface area contributed by atoms with Crippen molar-refractivity contribution in [2.75, 3.05) is 18.6 Å². The van der Waals surface area contributed by atoms with Gasteiger partial charge in [-0.1, -0.05) is 18.2 Å². The van der Waals surface area contributed by atoms with Crippen LogP contribution in [0.4, 0.5) is 11.4 Å². The Morgan fingerprint density at radius 3 is 2.44 bits per heavy atom. The minimum absolute atomic E-state index is 0.169. The van der Waals surface area contributed by atoms with E-state index in [9.17, 15) is 13.7 Å². The highest BCUT2D eigenvalue weighted by Gasteiger charge is 2.35. The summed E-state index contributed by atoms with van der Waals surface area (Å²) in [4.78, 5) is 9.90. The van der Waals surface area contributed by atoms with Crippen LogP contribution in [0.25, 0.3) is 5.52 Å². The summed E-state index contributed by atoms with van der Waals surface area (Å²) >= 11 is 0. The predicted octanol–water partition coefficient (Wildman–Crippen LogP) is 4.00. The third kappa shape index (κ3) is 4.35. The van der Waals surface area contributed by atoms with Crippen LogP contribution in [0.2, 0.25) is 0 Å². The molecule has 0 spiro atoms. The van der Waals surface area contributed by atoms with Gasteiger partial charge < -0.3 is 14.9 Å². The molecule has 1 N–H and O–H groups in total. The fraction of sp³-hybridized carbons (Fsp3) is 0.160. The molecule has 0 fully saturated rings. The minimum atomic E-state index is -3.49. The number of hydroxylamine groups is 2. The predicted molar refractivity (Wildman–Crippen MR) is 135 cm³/mol. The summed E-state index contributed by atoms with van der Waals surface area (Å²) in [6.07, 6.45) is 4.27. The maximum absolute atomic E-state index is 12.0. The molecule has 36 heavy (non-hydrogen) atoms. The molecule has 182 valence electrons. The first-order chi connectivity index (χ1) is 17.2. The van der Waals surface area contributed by atoms with E-state index in [2.05, 4.69) is 21.5 Å². The van der Waals surface area contributed by atoms with Crippen LogP contribution in [0, 0.1) is 18.3 Å². The van der Waals surface area contributed by atoms with Gasteiger partial charge in [0.1, 0.15) is 17.6 Å². The molecule has 1 unspecified atom stereocenters. The number of sulfone groups is 1. The summed E-state index contributed by atoms with van der Waals surface area (Å²) in [6, 6.07) is 19.0. The number of aryl methyl sites for hydroxylation is 1. The number of rotatable bonds is 6. The number of nitrogens with one attached hydrogen (secondary N) is 1. The zero-order valence-electron chi connectivity index (χ0n) is 19.7. The summed E-state index contributed by atoms with van der Waals surface area (Å²) in [5.74, 6) is 1.58. The van der Waals surface area contributed by atoms with Crippen molar-refractivity contribution in [1.82, 2.24) is 14.7 Å². The molecule has 1 aliphatic heterocycles. The summed E-state index contributed by atoms with van der Waals surface area (Å²) in [7, 11) is -1.98. The Morgan fingerprint density at radius 1 is 1.11 bits per heavy atom. The number of anilines is 2. The molecule has 3 heterocycles. The topological polar surface area (TPSA) is 121 Å². The average molecular weight is 503 g/mol. The molecule has 0 radical (unpaired) electrons. The van der Waals surface area contributed by atoms with Crippen molar-refractivity contribution >= 4 is 32.6 Å². The largest absolute Gasteiger partial charge is 0.457 e. The van der Waals surface area contributed by atoms with Gasteiger partial charge in [0.25, 0.3) is 0 Å². The second-order valence-corrected chi connectivity index (χ2v) is 10.4. The lowest BCUT2D eigenvalue weighted by atomic mass is 10.1. The van der Waals surface area contributed by atoms with E-state index >= 15 is 0 Å². The van der Waals surface area contributed by atoms with Crippen LogP contribution in [0.3, 0.4) is 0 Å². The Balaban J connectivity index is 1.50. The van der Waals surface area contributed by atoms with Gasteiger partial charge in [0.2, 0.25) is 11.4 Å². The van der Waals surface area contributed by atoms with E-state index in [1.165, 1.54) is 18.3 Å². The van der Waals surface area contributed by atoms with E-state index in [1.807, 2.05) is 61.5 Å². The Kier molecular flexibility index (Phi) is 5.83. The number of hydrogen-bond donors (Lipinski definition) is 1. The summed E-state index contributed by atoms with van der Waals surface area (Å²) in [5.41, 5.74) is 2.46. The van der Waals surface area contributed by atoms with Crippen LogP contribution >= 0.6 is 0 Å². The molecule has 10 nitrogen and oxygen atoms in total.